The van der Waals surface area contributed by atoms with Crippen LogP contribution < -0.4 is 5.32 Å². The van der Waals surface area contributed by atoms with Crippen molar-refractivity contribution in [3.05, 3.63) is 0 Å². The second-order valence-corrected chi connectivity index (χ2v) is 6.59. The zero-order valence-electron chi connectivity index (χ0n) is 13.3. The molecule has 19 heavy (non-hydrogen) atoms. The number of hydrogen-bond donors (Lipinski definition) is 2. The highest BCUT2D eigenvalue weighted by Crippen LogP contribution is 2.25. The molecule has 1 aliphatic rings. The summed E-state index contributed by atoms with van der Waals surface area (Å²) in [5.41, 5.74) is -0.159. The van der Waals surface area contributed by atoms with Gasteiger partial charge in [-0.3, -0.25) is 0 Å². The number of nitrogens with zero attached hydrogens (tertiary/aromatic N) is 1. The van der Waals surface area contributed by atoms with E-state index in [1.807, 2.05) is 0 Å². The summed E-state index contributed by atoms with van der Waals surface area (Å²) >= 11 is 0. The zero-order valence-corrected chi connectivity index (χ0v) is 13.3. The van der Waals surface area contributed by atoms with Gasteiger partial charge in [0, 0.05) is 24.2 Å². The summed E-state index contributed by atoms with van der Waals surface area (Å²) in [5.74, 6) is 0. The molecule has 4 heteroatoms. The van der Waals surface area contributed by atoms with Crippen LogP contribution in [-0.2, 0) is 4.74 Å². The molecule has 2 unspecified atom stereocenters. The van der Waals surface area contributed by atoms with Crippen molar-refractivity contribution < 1.29 is 9.84 Å². The van der Waals surface area contributed by atoms with E-state index in [-0.39, 0.29) is 12.1 Å². The van der Waals surface area contributed by atoms with Crippen molar-refractivity contribution in [1.29, 1.82) is 0 Å². The molecule has 0 aliphatic heterocycles. The van der Waals surface area contributed by atoms with Crippen molar-refractivity contribution >= 4 is 0 Å². The minimum absolute atomic E-state index is 0.159. The topological polar surface area (TPSA) is 44.7 Å². The molecule has 0 spiro atoms. The Kier molecular flexibility index (Phi) is 6.74. The van der Waals surface area contributed by atoms with Gasteiger partial charge in [-0.15, -0.1) is 0 Å². The molecule has 0 bridgehead atoms. The van der Waals surface area contributed by atoms with Crippen LogP contribution in [0, 0.1) is 0 Å². The maximum absolute atomic E-state index is 9.64. The number of aliphatic hydroxyl groups excluding tert-OH is 1. The Morgan fingerprint density at radius 2 is 2.00 bits per heavy atom. The lowest BCUT2D eigenvalue weighted by Crippen LogP contribution is -2.51. The van der Waals surface area contributed by atoms with E-state index in [9.17, 15) is 5.11 Å². The lowest BCUT2D eigenvalue weighted by atomic mass is 9.93. The first-order chi connectivity index (χ1) is 8.86. The maximum Gasteiger partial charge on any atom is 0.0611 e. The van der Waals surface area contributed by atoms with Gasteiger partial charge < -0.3 is 20.1 Å². The van der Waals surface area contributed by atoms with Crippen molar-refractivity contribution in [1.82, 2.24) is 10.2 Å². The Hall–Kier alpha value is -0.160. The third-order valence-corrected chi connectivity index (χ3v) is 3.87. The number of hydrogen-bond acceptors (Lipinski definition) is 4. The summed E-state index contributed by atoms with van der Waals surface area (Å²) in [7, 11) is 2.13. The smallest absolute Gasteiger partial charge is 0.0611 e. The molecule has 0 saturated heterocycles. The Labute approximate surface area is 118 Å². The number of rotatable bonds is 10. The van der Waals surface area contributed by atoms with Crippen LogP contribution in [0.4, 0.5) is 0 Å². The summed E-state index contributed by atoms with van der Waals surface area (Å²) in [5, 5.41) is 13.2. The van der Waals surface area contributed by atoms with Crippen LogP contribution >= 0.6 is 0 Å². The fraction of sp³-hybridized carbons (Fsp3) is 1.00. The van der Waals surface area contributed by atoms with Crippen LogP contribution in [0.2, 0.25) is 0 Å². The lowest BCUT2D eigenvalue weighted by Gasteiger charge is -2.35. The Morgan fingerprint density at radius 3 is 2.47 bits per heavy atom. The monoisotopic (exact) mass is 272 g/mol. The normalized spacial score (nSPS) is 20.8. The van der Waals surface area contributed by atoms with Gasteiger partial charge >= 0.3 is 0 Å². The summed E-state index contributed by atoms with van der Waals surface area (Å²) < 4.78 is 5.59. The van der Waals surface area contributed by atoms with Gasteiger partial charge in [0.25, 0.3) is 0 Å². The van der Waals surface area contributed by atoms with E-state index in [1.54, 1.807) is 0 Å². The molecule has 2 atom stereocenters. The first kappa shape index (κ1) is 16.9. The molecule has 0 heterocycles. The van der Waals surface area contributed by atoms with E-state index >= 15 is 0 Å². The molecule has 0 aromatic carbocycles. The highest BCUT2D eigenvalue weighted by molar-refractivity contribution is 4.94. The largest absolute Gasteiger partial charge is 0.394 e. The molecular formula is C15H32N2O2. The molecule has 1 saturated carbocycles. The molecular weight excluding hydrogens is 240 g/mol. The molecule has 0 radical (unpaired) electrons. The highest BCUT2D eigenvalue weighted by atomic mass is 16.5. The number of ether oxygens (including phenoxy) is 1. The van der Waals surface area contributed by atoms with Gasteiger partial charge in [0.2, 0.25) is 0 Å². The summed E-state index contributed by atoms with van der Waals surface area (Å²) in [6, 6.07) is 1.05. The summed E-state index contributed by atoms with van der Waals surface area (Å²) in [6.07, 6.45) is 3.75. The van der Waals surface area contributed by atoms with Crippen LogP contribution in [0.5, 0.6) is 0 Å². The van der Waals surface area contributed by atoms with Crippen LogP contribution in [0.25, 0.3) is 0 Å². The molecule has 4 nitrogen and oxygen atoms in total. The number of likely N-dealkylation sites (N-methyl/N-ethyl adjacent to an activating group) is 1. The molecule has 0 amide bonds. The van der Waals surface area contributed by atoms with Crippen molar-refractivity contribution in [3.8, 4) is 0 Å². The quantitative estimate of drug-likeness (QED) is 0.634. The second-order valence-electron chi connectivity index (χ2n) is 6.59. The van der Waals surface area contributed by atoms with Gasteiger partial charge in [0.1, 0.15) is 0 Å². The first-order valence-electron chi connectivity index (χ1n) is 7.56. The zero-order chi connectivity index (χ0) is 14.5. The summed E-state index contributed by atoms with van der Waals surface area (Å²) in [4.78, 5) is 2.31. The predicted molar refractivity (Wildman–Crippen MR) is 79.4 cm³/mol. The van der Waals surface area contributed by atoms with Gasteiger partial charge in [0.15, 0.2) is 0 Å². The molecule has 1 rings (SSSR count). The average Bonchev–Trinajstić information content (AvgIpc) is 3.12. The Morgan fingerprint density at radius 1 is 1.37 bits per heavy atom. The van der Waals surface area contributed by atoms with E-state index < -0.39 is 0 Å². The first-order valence-corrected chi connectivity index (χ1v) is 7.56. The average molecular weight is 272 g/mol. The predicted octanol–water partition coefficient (Wildman–Crippen LogP) is 1.62. The minimum Gasteiger partial charge on any atom is -0.394 e. The van der Waals surface area contributed by atoms with Crippen molar-refractivity contribution in [2.24, 2.45) is 0 Å². The van der Waals surface area contributed by atoms with Gasteiger partial charge in [-0.05, 0) is 54.0 Å². The number of nitrogens with one attached hydrogen (secondary N) is 1. The van der Waals surface area contributed by atoms with Crippen LogP contribution in [-0.4, -0.2) is 60.5 Å². The van der Waals surface area contributed by atoms with E-state index in [4.69, 9.17) is 4.74 Å². The van der Waals surface area contributed by atoms with E-state index in [0.29, 0.717) is 18.2 Å². The molecule has 1 fully saturated rings. The van der Waals surface area contributed by atoms with Gasteiger partial charge in [-0.2, -0.15) is 0 Å². The van der Waals surface area contributed by atoms with Crippen LogP contribution in [0.1, 0.15) is 47.0 Å². The molecule has 114 valence electrons. The third kappa shape index (κ3) is 6.70. The third-order valence-electron chi connectivity index (χ3n) is 3.87. The number of aliphatic hydroxyl groups is 1. The van der Waals surface area contributed by atoms with Crippen LogP contribution in [0.15, 0.2) is 0 Å². The van der Waals surface area contributed by atoms with Crippen molar-refractivity contribution in [2.45, 2.75) is 70.7 Å². The maximum atomic E-state index is 9.64. The molecule has 2 N–H and O–H groups in total. The Bertz CT molecular complexity index is 257. The minimum atomic E-state index is -0.159. The highest BCUT2D eigenvalue weighted by Gasteiger charge is 2.33. The molecule has 0 aromatic rings. The summed E-state index contributed by atoms with van der Waals surface area (Å²) in [6.45, 7) is 10.4. The van der Waals surface area contributed by atoms with E-state index in [0.717, 1.165) is 19.6 Å². The SMILES string of the molecule is CC(C)OCCN(C)C(C)CC(C)(CO)NC1CC1. The van der Waals surface area contributed by atoms with Crippen molar-refractivity contribution in [2.75, 3.05) is 26.8 Å². The Balaban J connectivity index is 2.31. The fourth-order valence-corrected chi connectivity index (χ4v) is 2.35. The van der Waals surface area contributed by atoms with Crippen LogP contribution in [0.3, 0.4) is 0 Å². The van der Waals surface area contributed by atoms with Gasteiger partial charge in [0.05, 0.1) is 19.3 Å². The second kappa shape index (κ2) is 7.58. The van der Waals surface area contributed by atoms with Gasteiger partial charge in [-0.25, -0.2) is 0 Å². The van der Waals surface area contributed by atoms with E-state index in [2.05, 4.69) is 45.0 Å². The molecule has 1 aliphatic carbocycles. The lowest BCUT2D eigenvalue weighted by molar-refractivity contribution is 0.0504. The van der Waals surface area contributed by atoms with E-state index in [1.165, 1.54) is 12.8 Å². The van der Waals surface area contributed by atoms with Gasteiger partial charge in [-0.1, -0.05) is 0 Å². The molecule has 0 aromatic heterocycles. The van der Waals surface area contributed by atoms with Crippen molar-refractivity contribution in [3.63, 3.8) is 0 Å². The fourth-order valence-electron chi connectivity index (χ4n) is 2.35. The standard InChI is InChI=1S/C15H32N2O2/c1-12(2)19-9-8-17(5)13(3)10-15(4,11-18)16-14-6-7-14/h12-14,16,18H,6-11H2,1-5H3.